The molecule has 3 aromatic carbocycles. The molecule has 4 rings (SSSR count). The molecule has 0 amide bonds. The van der Waals surface area contributed by atoms with Crippen molar-refractivity contribution < 1.29 is 9.53 Å². The zero-order valence-corrected chi connectivity index (χ0v) is 16.5. The monoisotopic (exact) mass is 398 g/mol. The zero-order chi connectivity index (χ0) is 20.1. The van der Waals surface area contributed by atoms with Crippen molar-refractivity contribution >= 4 is 17.6 Å². The lowest BCUT2D eigenvalue weighted by molar-refractivity contribution is -0.144. The minimum Gasteiger partial charge on any atom is -0.433 e. The van der Waals surface area contributed by atoms with Crippen LogP contribution in [0.25, 0.3) is 0 Å². The SMILES string of the molecule is O=C1OC=C(C#Cc2ccccc2)[C@@H](c2ccccc2)[C@@H]1Cc1ccccc1Cl. The third-order valence-electron chi connectivity index (χ3n) is 5.02. The Balaban J connectivity index is 1.74. The smallest absolute Gasteiger partial charge is 0.315 e. The van der Waals surface area contributed by atoms with E-state index in [0.717, 1.165) is 22.3 Å². The summed E-state index contributed by atoms with van der Waals surface area (Å²) in [6.45, 7) is 0. The van der Waals surface area contributed by atoms with Crippen LogP contribution in [-0.2, 0) is 16.0 Å². The molecule has 3 aromatic rings. The van der Waals surface area contributed by atoms with Crippen molar-refractivity contribution in [2.45, 2.75) is 12.3 Å². The van der Waals surface area contributed by atoms with Gasteiger partial charge in [0.1, 0.15) is 6.26 Å². The Morgan fingerprint density at radius 2 is 1.48 bits per heavy atom. The lowest BCUT2D eigenvalue weighted by atomic mass is 9.77. The van der Waals surface area contributed by atoms with E-state index in [1.807, 2.05) is 84.9 Å². The lowest BCUT2D eigenvalue weighted by Gasteiger charge is -2.29. The molecule has 1 heterocycles. The van der Waals surface area contributed by atoms with Gasteiger partial charge in [-0.15, -0.1) is 0 Å². The number of allylic oxidation sites excluding steroid dienone is 1. The fraction of sp³-hybridized carbons (Fsp3) is 0.115. The topological polar surface area (TPSA) is 26.3 Å². The first-order valence-corrected chi connectivity index (χ1v) is 9.86. The van der Waals surface area contributed by atoms with Crippen LogP contribution in [-0.4, -0.2) is 5.97 Å². The molecule has 142 valence electrons. The maximum absolute atomic E-state index is 12.8. The van der Waals surface area contributed by atoms with Gasteiger partial charge in [-0.05, 0) is 35.7 Å². The van der Waals surface area contributed by atoms with E-state index >= 15 is 0 Å². The van der Waals surface area contributed by atoms with Crippen LogP contribution in [0.15, 0.2) is 96.8 Å². The molecule has 29 heavy (non-hydrogen) atoms. The summed E-state index contributed by atoms with van der Waals surface area (Å²) in [4.78, 5) is 12.8. The first-order valence-electron chi connectivity index (χ1n) is 9.48. The van der Waals surface area contributed by atoms with Crippen molar-refractivity contribution in [2.75, 3.05) is 0 Å². The third kappa shape index (κ3) is 4.42. The summed E-state index contributed by atoms with van der Waals surface area (Å²) in [5.41, 5.74) is 3.67. The van der Waals surface area contributed by atoms with E-state index < -0.39 is 5.92 Å². The van der Waals surface area contributed by atoms with Crippen LogP contribution in [0.2, 0.25) is 5.02 Å². The molecule has 1 aliphatic rings. The number of hydrogen-bond acceptors (Lipinski definition) is 2. The molecule has 0 bridgehead atoms. The van der Waals surface area contributed by atoms with Gasteiger partial charge in [0.2, 0.25) is 0 Å². The van der Waals surface area contributed by atoms with Crippen LogP contribution >= 0.6 is 11.6 Å². The van der Waals surface area contributed by atoms with Crippen molar-refractivity contribution in [3.8, 4) is 11.8 Å². The molecule has 0 unspecified atom stereocenters. The van der Waals surface area contributed by atoms with Crippen LogP contribution in [0, 0.1) is 17.8 Å². The second-order valence-electron chi connectivity index (χ2n) is 6.92. The second-order valence-corrected chi connectivity index (χ2v) is 7.32. The molecule has 0 fully saturated rings. The first-order chi connectivity index (χ1) is 14.2. The van der Waals surface area contributed by atoms with Gasteiger partial charge in [-0.25, -0.2) is 0 Å². The normalized spacial score (nSPS) is 18.2. The summed E-state index contributed by atoms with van der Waals surface area (Å²) >= 11 is 6.37. The number of benzene rings is 3. The molecule has 0 saturated carbocycles. The standard InChI is InChI=1S/C26H19ClO2/c27-24-14-8-7-13-21(24)17-23-25(20-11-5-2-6-12-20)22(18-29-26(23)28)16-15-19-9-3-1-4-10-19/h1-14,18,23,25H,17H2/t23-,25+/m0/s1. The fourth-order valence-electron chi connectivity index (χ4n) is 3.58. The minimum absolute atomic E-state index is 0.190. The molecular formula is C26H19ClO2. The predicted molar refractivity (Wildman–Crippen MR) is 115 cm³/mol. The maximum Gasteiger partial charge on any atom is 0.315 e. The Bertz CT molecular complexity index is 1090. The fourth-order valence-corrected chi connectivity index (χ4v) is 3.80. The number of cyclic esters (lactones) is 1. The molecule has 0 spiro atoms. The third-order valence-corrected chi connectivity index (χ3v) is 5.39. The van der Waals surface area contributed by atoms with Gasteiger partial charge in [-0.2, -0.15) is 0 Å². The Labute approximate surface area is 175 Å². The summed E-state index contributed by atoms with van der Waals surface area (Å²) in [7, 11) is 0. The van der Waals surface area contributed by atoms with E-state index in [2.05, 4.69) is 11.8 Å². The predicted octanol–water partition coefficient (Wildman–Crippen LogP) is 5.77. The Morgan fingerprint density at radius 3 is 2.21 bits per heavy atom. The maximum atomic E-state index is 12.8. The summed E-state index contributed by atoms with van der Waals surface area (Å²) in [5, 5.41) is 0.651. The summed E-state index contributed by atoms with van der Waals surface area (Å²) in [6.07, 6.45) is 1.99. The van der Waals surface area contributed by atoms with E-state index in [9.17, 15) is 4.79 Å². The molecule has 2 nitrogen and oxygen atoms in total. The molecule has 1 aliphatic heterocycles. The highest BCUT2D eigenvalue weighted by Crippen LogP contribution is 2.38. The zero-order valence-electron chi connectivity index (χ0n) is 15.7. The summed E-state index contributed by atoms with van der Waals surface area (Å²) in [5.74, 6) is 5.58. The van der Waals surface area contributed by atoms with Gasteiger partial charge >= 0.3 is 5.97 Å². The van der Waals surface area contributed by atoms with Gasteiger partial charge in [0.15, 0.2) is 0 Å². The average molecular weight is 399 g/mol. The van der Waals surface area contributed by atoms with Crippen LogP contribution in [0.4, 0.5) is 0 Å². The van der Waals surface area contributed by atoms with Gasteiger partial charge in [0, 0.05) is 22.1 Å². The van der Waals surface area contributed by atoms with Crippen molar-refractivity contribution in [3.63, 3.8) is 0 Å². The highest BCUT2D eigenvalue weighted by Gasteiger charge is 2.37. The van der Waals surface area contributed by atoms with E-state index in [-0.39, 0.29) is 11.9 Å². The van der Waals surface area contributed by atoms with Crippen LogP contribution < -0.4 is 0 Å². The Morgan fingerprint density at radius 1 is 0.828 bits per heavy atom. The van der Waals surface area contributed by atoms with E-state index in [1.54, 1.807) is 0 Å². The van der Waals surface area contributed by atoms with Crippen molar-refractivity contribution in [3.05, 3.63) is 118 Å². The van der Waals surface area contributed by atoms with E-state index in [0.29, 0.717) is 11.4 Å². The summed E-state index contributed by atoms with van der Waals surface area (Å²) in [6, 6.07) is 27.4. The van der Waals surface area contributed by atoms with E-state index in [1.165, 1.54) is 6.26 Å². The van der Waals surface area contributed by atoms with Gasteiger partial charge in [0.25, 0.3) is 0 Å². The number of carbonyl (C=O) groups is 1. The van der Waals surface area contributed by atoms with Gasteiger partial charge in [-0.3, -0.25) is 4.79 Å². The number of rotatable bonds is 3. The van der Waals surface area contributed by atoms with Gasteiger partial charge < -0.3 is 4.74 Å². The molecule has 0 N–H and O–H groups in total. The molecule has 2 atom stereocenters. The molecular weight excluding hydrogens is 380 g/mol. The molecule has 0 aliphatic carbocycles. The quantitative estimate of drug-likeness (QED) is 0.413. The number of halogens is 1. The Hall–Kier alpha value is -3.28. The molecule has 0 radical (unpaired) electrons. The molecule has 0 saturated heterocycles. The minimum atomic E-state index is -0.401. The van der Waals surface area contributed by atoms with Crippen LogP contribution in [0.1, 0.15) is 22.6 Å². The first kappa shape index (κ1) is 19.1. The number of ether oxygens (including phenoxy) is 1. The number of esters is 1. The number of carbonyl (C=O) groups excluding carboxylic acids is 1. The average Bonchev–Trinajstić information content (AvgIpc) is 2.77. The van der Waals surface area contributed by atoms with Crippen molar-refractivity contribution in [2.24, 2.45) is 5.92 Å². The number of hydrogen-bond donors (Lipinski definition) is 0. The molecule has 3 heteroatoms. The van der Waals surface area contributed by atoms with Crippen molar-refractivity contribution in [1.82, 2.24) is 0 Å². The largest absolute Gasteiger partial charge is 0.433 e. The van der Waals surface area contributed by atoms with E-state index in [4.69, 9.17) is 16.3 Å². The second kappa shape index (κ2) is 8.82. The summed E-state index contributed by atoms with van der Waals surface area (Å²) < 4.78 is 5.41. The van der Waals surface area contributed by atoms with Crippen LogP contribution in [0.3, 0.4) is 0 Å². The highest BCUT2D eigenvalue weighted by molar-refractivity contribution is 6.31. The van der Waals surface area contributed by atoms with Crippen molar-refractivity contribution in [1.29, 1.82) is 0 Å². The van der Waals surface area contributed by atoms with Crippen LogP contribution in [0.5, 0.6) is 0 Å². The highest BCUT2D eigenvalue weighted by atomic mass is 35.5. The lowest BCUT2D eigenvalue weighted by Crippen LogP contribution is -2.30. The van der Waals surface area contributed by atoms with Gasteiger partial charge in [-0.1, -0.05) is 90.2 Å². The Kier molecular flexibility index (Phi) is 5.79. The molecule has 0 aromatic heterocycles. The van der Waals surface area contributed by atoms with Gasteiger partial charge in [0.05, 0.1) is 5.92 Å².